The fraction of sp³-hybridized carbons (Fsp3) is 0.200. The van der Waals surface area contributed by atoms with Crippen LogP contribution >= 0.6 is 0 Å². The van der Waals surface area contributed by atoms with Crippen LogP contribution in [-0.4, -0.2) is 0 Å². The molecule has 1 heteroatoms. The van der Waals surface area contributed by atoms with Crippen LogP contribution in [0, 0.1) is 26.2 Å². The molecule has 0 amide bonds. The van der Waals surface area contributed by atoms with Crippen LogP contribution in [0.4, 0.5) is 5.69 Å². The number of benzene rings is 1. The minimum Gasteiger partial charge on any atom is -0.397 e. The van der Waals surface area contributed by atoms with Crippen LogP contribution in [0.15, 0.2) is 12.1 Å². The first kappa shape index (κ1) is 7.68. The standard InChI is InChI=1S/C10H11N/c1-4-9-7(2)5-6-8(3)10(9)11/h1,5-6H,11H2,2-3H3. The summed E-state index contributed by atoms with van der Waals surface area (Å²) in [5.74, 6) is 2.58. The highest BCUT2D eigenvalue weighted by molar-refractivity contribution is 5.62. The molecule has 1 rings (SSSR count). The zero-order valence-electron chi connectivity index (χ0n) is 6.81. The quantitative estimate of drug-likeness (QED) is 0.437. The Bertz CT molecular complexity index is 318. The number of nitrogens with two attached hydrogens (primary N) is 1. The first-order valence-electron chi connectivity index (χ1n) is 3.49. The maximum atomic E-state index is 5.75. The van der Waals surface area contributed by atoms with Gasteiger partial charge in [0.15, 0.2) is 0 Å². The normalized spacial score (nSPS) is 9.18. The average molecular weight is 145 g/mol. The number of aryl methyl sites for hydroxylation is 2. The van der Waals surface area contributed by atoms with Crippen molar-refractivity contribution in [1.82, 2.24) is 0 Å². The van der Waals surface area contributed by atoms with Crippen LogP contribution in [0.1, 0.15) is 16.7 Å². The molecule has 11 heavy (non-hydrogen) atoms. The van der Waals surface area contributed by atoms with Crippen LogP contribution in [-0.2, 0) is 0 Å². The minimum absolute atomic E-state index is 0.729. The second-order valence-corrected chi connectivity index (χ2v) is 2.63. The Hall–Kier alpha value is -1.42. The Balaban J connectivity index is 3.44. The molecular formula is C10H11N. The van der Waals surface area contributed by atoms with Crippen LogP contribution < -0.4 is 5.73 Å². The second-order valence-electron chi connectivity index (χ2n) is 2.63. The third-order valence-electron chi connectivity index (χ3n) is 1.82. The van der Waals surface area contributed by atoms with Gasteiger partial charge in [0.25, 0.3) is 0 Å². The van der Waals surface area contributed by atoms with Gasteiger partial charge in [-0.3, -0.25) is 0 Å². The molecule has 56 valence electrons. The number of hydrogen-bond donors (Lipinski definition) is 1. The number of anilines is 1. The molecule has 0 aliphatic rings. The van der Waals surface area contributed by atoms with Crippen molar-refractivity contribution in [1.29, 1.82) is 0 Å². The van der Waals surface area contributed by atoms with E-state index >= 15 is 0 Å². The Morgan fingerprint density at radius 1 is 1.27 bits per heavy atom. The highest BCUT2D eigenvalue weighted by Gasteiger charge is 2.01. The van der Waals surface area contributed by atoms with E-state index in [1.165, 1.54) is 0 Å². The molecule has 1 nitrogen and oxygen atoms in total. The lowest BCUT2D eigenvalue weighted by atomic mass is 10.0. The molecule has 0 heterocycles. The van der Waals surface area contributed by atoms with E-state index in [-0.39, 0.29) is 0 Å². The third-order valence-corrected chi connectivity index (χ3v) is 1.82. The van der Waals surface area contributed by atoms with E-state index in [2.05, 4.69) is 5.92 Å². The predicted molar refractivity (Wildman–Crippen MR) is 48.3 cm³/mol. The van der Waals surface area contributed by atoms with Gasteiger partial charge in [-0.05, 0) is 25.0 Å². The van der Waals surface area contributed by atoms with Gasteiger partial charge in [-0.15, -0.1) is 6.42 Å². The summed E-state index contributed by atoms with van der Waals surface area (Å²) in [6, 6.07) is 3.96. The molecular weight excluding hydrogens is 134 g/mol. The van der Waals surface area contributed by atoms with Gasteiger partial charge < -0.3 is 5.73 Å². The molecule has 0 saturated heterocycles. The Kier molecular flexibility index (Phi) is 1.87. The van der Waals surface area contributed by atoms with Gasteiger partial charge in [-0.25, -0.2) is 0 Å². The van der Waals surface area contributed by atoms with E-state index in [4.69, 9.17) is 12.2 Å². The molecule has 0 radical (unpaired) electrons. The molecule has 1 aromatic carbocycles. The summed E-state index contributed by atoms with van der Waals surface area (Å²) in [4.78, 5) is 0. The van der Waals surface area contributed by atoms with Crippen molar-refractivity contribution < 1.29 is 0 Å². The summed E-state index contributed by atoms with van der Waals surface area (Å²) in [5.41, 5.74) is 9.42. The van der Waals surface area contributed by atoms with E-state index in [0.29, 0.717) is 0 Å². The Labute approximate surface area is 67.2 Å². The molecule has 0 bridgehead atoms. The van der Waals surface area contributed by atoms with E-state index in [9.17, 15) is 0 Å². The van der Waals surface area contributed by atoms with Gasteiger partial charge in [-0.1, -0.05) is 18.1 Å². The first-order chi connectivity index (χ1) is 5.16. The van der Waals surface area contributed by atoms with Crippen LogP contribution in [0.5, 0.6) is 0 Å². The summed E-state index contributed by atoms with van der Waals surface area (Å²) in [7, 11) is 0. The van der Waals surface area contributed by atoms with E-state index in [1.807, 2.05) is 26.0 Å². The fourth-order valence-electron chi connectivity index (χ4n) is 1.02. The molecule has 0 unspecified atom stereocenters. The highest BCUT2D eigenvalue weighted by atomic mass is 14.6. The van der Waals surface area contributed by atoms with Crippen molar-refractivity contribution in [3.05, 3.63) is 28.8 Å². The van der Waals surface area contributed by atoms with Crippen molar-refractivity contribution in [3.8, 4) is 12.3 Å². The maximum Gasteiger partial charge on any atom is 0.0505 e. The SMILES string of the molecule is C#Cc1c(C)ccc(C)c1N. The summed E-state index contributed by atoms with van der Waals surface area (Å²) in [5, 5.41) is 0. The zero-order valence-corrected chi connectivity index (χ0v) is 6.81. The smallest absolute Gasteiger partial charge is 0.0505 e. The van der Waals surface area contributed by atoms with E-state index in [1.54, 1.807) is 0 Å². The van der Waals surface area contributed by atoms with Gasteiger partial charge in [0, 0.05) is 0 Å². The van der Waals surface area contributed by atoms with Crippen LogP contribution in [0.3, 0.4) is 0 Å². The van der Waals surface area contributed by atoms with E-state index in [0.717, 1.165) is 22.4 Å². The summed E-state index contributed by atoms with van der Waals surface area (Å²) < 4.78 is 0. The monoisotopic (exact) mass is 145 g/mol. The minimum atomic E-state index is 0.729. The maximum absolute atomic E-state index is 5.75. The van der Waals surface area contributed by atoms with Crippen molar-refractivity contribution in [2.45, 2.75) is 13.8 Å². The average Bonchev–Trinajstić information content (AvgIpc) is 1.99. The van der Waals surface area contributed by atoms with Gasteiger partial charge in [-0.2, -0.15) is 0 Å². The van der Waals surface area contributed by atoms with E-state index < -0.39 is 0 Å². The van der Waals surface area contributed by atoms with Crippen molar-refractivity contribution in [2.75, 3.05) is 5.73 Å². The second kappa shape index (κ2) is 2.67. The highest BCUT2D eigenvalue weighted by Crippen LogP contribution is 2.19. The summed E-state index contributed by atoms with van der Waals surface area (Å²) >= 11 is 0. The Morgan fingerprint density at radius 2 is 1.82 bits per heavy atom. The molecule has 1 aromatic rings. The molecule has 0 aromatic heterocycles. The van der Waals surface area contributed by atoms with Gasteiger partial charge in [0.05, 0.1) is 11.3 Å². The van der Waals surface area contributed by atoms with Gasteiger partial charge in [0.2, 0.25) is 0 Å². The van der Waals surface area contributed by atoms with Gasteiger partial charge >= 0.3 is 0 Å². The topological polar surface area (TPSA) is 26.0 Å². The Morgan fingerprint density at radius 3 is 2.27 bits per heavy atom. The van der Waals surface area contributed by atoms with Crippen molar-refractivity contribution in [2.24, 2.45) is 0 Å². The van der Waals surface area contributed by atoms with Crippen LogP contribution in [0.2, 0.25) is 0 Å². The number of nitrogen functional groups attached to an aromatic ring is 1. The van der Waals surface area contributed by atoms with Crippen LogP contribution in [0.25, 0.3) is 0 Å². The third kappa shape index (κ3) is 1.20. The molecule has 0 spiro atoms. The molecule has 2 N–H and O–H groups in total. The summed E-state index contributed by atoms with van der Waals surface area (Å²) in [6.45, 7) is 3.92. The number of hydrogen-bond acceptors (Lipinski definition) is 1. The number of terminal acetylenes is 1. The molecule has 0 aliphatic carbocycles. The first-order valence-corrected chi connectivity index (χ1v) is 3.49. The molecule has 0 fully saturated rings. The fourth-order valence-corrected chi connectivity index (χ4v) is 1.02. The summed E-state index contributed by atoms with van der Waals surface area (Å²) in [6.07, 6.45) is 5.29. The largest absolute Gasteiger partial charge is 0.397 e. The zero-order chi connectivity index (χ0) is 8.43. The molecule has 0 atom stereocenters. The predicted octanol–water partition coefficient (Wildman–Crippen LogP) is 1.87. The molecule has 0 aliphatic heterocycles. The number of rotatable bonds is 0. The van der Waals surface area contributed by atoms with Crippen molar-refractivity contribution in [3.63, 3.8) is 0 Å². The lowest BCUT2D eigenvalue weighted by Crippen LogP contribution is -1.95. The molecule has 0 saturated carbocycles. The van der Waals surface area contributed by atoms with Crippen molar-refractivity contribution >= 4 is 5.69 Å². The van der Waals surface area contributed by atoms with Gasteiger partial charge in [0.1, 0.15) is 0 Å². The lowest BCUT2D eigenvalue weighted by molar-refractivity contribution is 1.37. The lowest BCUT2D eigenvalue weighted by Gasteiger charge is -2.05.